The highest BCUT2D eigenvalue weighted by Gasteiger charge is 2.34. The Kier molecular flexibility index (Phi) is 4.02. The number of hydrogen-bond acceptors (Lipinski definition) is 3. The SMILES string of the molecule is CCc1nc(C(OC)C2CC2)nc(Cl)c1I. The number of hydrogen-bond donors (Lipinski definition) is 0. The van der Waals surface area contributed by atoms with Gasteiger partial charge in [-0.25, -0.2) is 9.97 Å². The van der Waals surface area contributed by atoms with Gasteiger partial charge in [0.15, 0.2) is 5.82 Å². The number of ether oxygens (including phenoxy) is 1. The molecule has 5 heteroatoms. The van der Waals surface area contributed by atoms with E-state index in [9.17, 15) is 0 Å². The second kappa shape index (κ2) is 5.14. The van der Waals surface area contributed by atoms with Gasteiger partial charge in [0.25, 0.3) is 0 Å². The maximum absolute atomic E-state index is 6.11. The van der Waals surface area contributed by atoms with Crippen LogP contribution in [0.5, 0.6) is 0 Å². The van der Waals surface area contributed by atoms with Crippen LogP contribution in [-0.4, -0.2) is 17.1 Å². The zero-order chi connectivity index (χ0) is 11.7. The van der Waals surface area contributed by atoms with Crippen molar-refractivity contribution in [3.8, 4) is 0 Å². The lowest BCUT2D eigenvalue weighted by molar-refractivity contribution is 0.0770. The minimum absolute atomic E-state index is 0.0137. The summed E-state index contributed by atoms with van der Waals surface area (Å²) >= 11 is 8.30. The summed E-state index contributed by atoms with van der Waals surface area (Å²) in [6, 6.07) is 0. The lowest BCUT2D eigenvalue weighted by atomic mass is 10.2. The fraction of sp³-hybridized carbons (Fsp3) is 0.636. The Labute approximate surface area is 114 Å². The molecule has 1 atom stereocenters. The van der Waals surface area contributed by atoms with E-state index in [1.165, 1.54) is 12.8 Å². The fourth-order valence-corrected chi connectivity index (χ4v) is 2.57. The lowest BCUT2D eigenvalue weighted by Gasteiger charge is -2.14. The molecule has 0 amide bonds. The van der Waals surface area contributed by atoms with E-state index in [4.69, 9.17) is 16.3 Å². The number of aromatic nitrogens is 2. The van der Waals surface area contributed by atoms with Gasteiger partial charge in [0.2, 0.25) is 0 Å². The molecule has 88 valence electrons. The molecule has 1 saturated carbocycles. The van der Waals surface area contributed by atoms with Crippen molar-refractivity contribution in [2.75, 3.05) is 7.11 Å². The molecular weight excluding hydrogens is 338 g/mol. The van der Waals surface area contributed by atoms with E-state index in [1.807, 2.05) is 0 Å². The molecule has 0 bridgehead atoms. The van der Waals surface area contributed by atoms with Crippen LogP contribution in [0.15, 0.2) is 0 Å². The van der Waals surface area contributed by atoms with Crippen LogP contribution >= 0.6 is 34.2 Å². The summed E-state index contributed by atoms with van der Waals surface area (Å²) in [5.74, 6) is 1.32. The molecule has 0 aliphatic heterocycles. The number of halogens is 2. The van der Waals surface area contributed by atoms with Crippen molar-refractivity contribution in [3.63, 3.8) is 0 Å². The van der Waals surface area contributed by atoms with E-state index in [-0.39, 0.29) is 6.10 Å². The van der Waals surface area contributed by atoms with Crippen molar-refractivity contribution in [1.82, 2.24) is 9.97 Å². The third-order valence-electron chi connectivity index (χ3n) is 2.79. The second-order valence-electron chi connectivity index (χ2n) is 3.98. The molecule has 0 spiro atoms. The van der Waals surface area contributed by atoms with Gasteiger partial charge in [-0.2, -0.15) is 0 Å². The first-order valence-corrected chi connectivity index (χ1v) is 6.87. The first kappa shape index (κ1) is 12.5. The number of aryl methyl sites for hydroxylation is 1. The molecule has 3 nitrogen and oxygen atoms in total. The largest absolute Gasteiger partial charge is 0.373 e. The number of rotatable bonds is 4. The highest BCUT2D eigenvalue weighted by Crippen LogP contribution is 2.42. The van der Waals surface area contributed by atoms with Crippen LogP contribution < -0.4 is 0 Å². The Morgan fingerprint density at radius 1 is 1.50 bits per heavy atom. The van der Waals surface area contributed by atoms with Gasteiger partial charge in [-0.3, -0.25) is 0 Å². The highest BCUT2D eigenvalue weighted by atomic mass is 127. The monoisotopic (exact) mass is 352 g/mol. The topological polar surface area (TPSA) is 35.0 Å². The van der Waals surface area contributed by atoms with E-state index < -0.39 is 0 Å². The maximum Gasteiger partial charge on any atom is 0.159 e. The highest BCUT2D eigenvalue weighted by molar-refractivity contribution is 14.1. The first-order valence-electron chi connectivity index (χ1n) is 5.42. The molecular formula is C11H14ClIN2O. The van der Waals surface area contributed by atoms with Crippen molar-refractivity contribution in [2.45, 2.75) is 32.3 Å². The molecule has 0 saturated heterocycles. The normalized spacial score (nSPS) is 17.5. The third kappa shape index (κ3) is 2.49. The molecule has 16 heavy (non-hydrogen) atoms. The predicted octanol–water partition coefficient (Wildman–Crippen LogP) is 3.39. The zero-order valence-electron chi connectivity index (χ0n) is 9.33. The van der Waals surface area contributed by atoms with E-state index in [0.29, 0.717) is 11.1 Å². The van der Waals surface area contributed by atoms with Gasteiger partial charge in [0, 0.05) is 7.11 Å². The summed E-state index contributed by atoms with van der Waals surface area (Å²) in [6.45, 7) is 2.07. The second-order valence-corrected chi connectivity index (χ2v) is 5.42. The first-order chi connectivity index (χ1) is 7.67. The fourth-order valence-electron chi connectivity index (χ4n) is 1.75. The van der Waals surface area contributed by atoms with Gasteiger partial charge in [0.05, 0.1) is 9.26 Å². The molecule has 0 N–H and O–H groups in total. The zero-order valence-corrected chi connectivity index (χ0v) is 12.2. The summed E-state index contributed by atoms with van der Waals surface area (Å²) < 4.78 is 6.42. The summed E-state index contributed by atoms with van der Waals surface area (Å²) in [7, 11) is 1.71. The molecule has 0 aromatic carbocycles. The van der Waals surface area contributed by atoms with Gasteiger partial charge in [-0.15, -0.1) is 0 Å². The Morgan fingerprint density at radius 2 is 2.19 bits per heavy atom. The van der Waals surface area contributed by atoms with Gasteiger partial charge in [-0.1, -0.05) is 18.5 Å². The van der Waals surface area contributed by atoms with Crippen molar-refractivity contribution < 1.29 is 4.74 Å². The molecule has 1 fully saturated rings. The third-order valence-corrected chi connectivity index (χ3v) is 4.52. The van der Waals surface area contributed by atoms with Gasteiger partial charge < -0.3 is 4.74 Å². The molecule has 0 radical (unpaired) electrons. The minimum Gasteiger partial charge on any atom is -0.373 e. The standard InChI is InChI=1S/C11H14ClIN2O/c1-3-7-8(13)10(12)15-11(14-7)9(16-2)6-4-5-6/h6,9H,3-5H2,1-2H3. The molecule has 1 aliphatic carbocycles. The van der Waals surface area contributed by atoms with Gasteiger partial charge >= 0.3 is 0 Å². The lowest BCUT2D eigenvalue weighted by Crippen LogP contribution is -2.11. The van der Waals surface area contributed by atoms with E-state index >= 15 is 0 Å². The smallest absolute Gasteiger partial charge is 0.159 e. The Balaban J connectivity index is 2.36. The number of nitrogens with zero attached hydrogens (tertiary/aromatic N) is 2. The van der Waals surface area contributed by atoms with Crippen LogP contribution in [-0.2, 0) is 11.2 Å². The Hall–Kier alpha value is 0.0600. The van der Waals surface area contributed by atoms with Crippen molar-refractivity contribution in [2.24, 2.45) is 5.92 Å². The summed E-state index contributed by atoms with van der Waals surface area (Å²) in [5, 5.41) is 0.546. The molecule has 1 aromatic rings. The van der Waals surface area contributed by atoms with Crippen LogP contribution in [0.1, 0.15) is 37.4 Å². The van der Waals surface area contributed by atoms with Crippen LogP contribution in [0.2, 0.25) is 5.15 Å². The van der Waals surface area contributed by atoms with Crippen molar-refractivity contribution in [3.05, 3.63) is 20.2 Å². The molecule has 1 heterocycles. The minimum atomic E-state index is 0.0137. The molecule has 1 aliphatic rings. The summed E-state index contributed by atoms with van der Waals surface area (Å²) in [5.41, 5.74) is 1.01. The predicted molar refractivity (Wildman–Crippen MR) is 71.6 cm³/mol. The van der Waals surface area contributed by atoms with Crippen LogP contribution in [0, 0.1) is 9.49 Å². The quantitative estimate of drug-likeness (QED) is 0.615. The van der Waals surface area contributed by atoms with E-state index in [1.54, 1.807) is 7.11 Å². The van der Waals surface area contributed by atoms with Crippen LogP contribution in [0.3, 0.4) is 0 Å². The maximum atomic E-state index is 6.11. The molecule has 2 rings (SSSR count). The average Bonchev–Trinajstić information content (AvgIpc) is 3.08. The van der Waals surface area contributed by atoms with Crippen molar-refractivity contribution >= 4 is 34.2 Å². The summed E-state index contributed by atoms with van der Waals surface area (Å²) in [6.07, 6.45) is 3.29. The van der Waals surface area contributed by atoms with Gasteiger partial charge in [-0.05, 0) is 47.8 Å². The van der Waals surface area contributed by atoms with Gasteiger partial charge in [0.1, 0.15) is 11.3 Å². The molecule has 1 aromatic heterocycles. The van der Waals surface area contributed by atoms with E-state index in [2.05, 4.69) is 39.5 Å². The van der Waals surface area contributed by atoms with Crippen LogP contribution in [0.4, 0.5) is 0 Å². The Bertz CT molecular complexity index is 396. The number of methoxy groups -OCH3 is 1. The van der Waals surface area contributed by atoms with E-state index in [0.717, 1.165) is 21.5 Å². The van der Waals surface area contributed by atoms with Crippen LogP contribution in [0.25, 0.3) is 0 Å². The summed E-state index contributed by atoms with van der Waals surface area (Å²) in [4.78, 5) is 8.89. The van der Waals surface area contributed by atoms with Crippen molar-refractivity contribution in [1.29, 1.82) is 0 Å². The molecule has 1 unspecified atom stereocenters. The Morgan fingerprint density at radius 3 is 2.69 bits per heavy atom. The average molecular weight is 353 g/mol.